The summed E-state index contributed by atoms with van der Waals surface area (Å²) >= 11 is 0. The first-order chi connectivity index (χ1) is 7.95. The fourth-order valence-electron chi connectivity index (χ4n) is 1.71. The molecule has 4 N–H and O–H groups in total. The molecule has 0 aromatic heterocycles. The lowest BCUT2D eigenvalue weighted by atomic mass is 10.2. The zero-order chi connectivity index (χ0) is 12.5. The molecule has 5 nitrogen and oxygen atoms in total. The van der Waals surface area contributed by atoms with Crippen molar-refractivity contribution in [3.8, 4) is 0 Å². The van der Waals surface area contributed by atoms with Gasteiger partial charge < -0.3 is 10.8 Å². The fourth-order valence-corrected chi connectivity index (χ4v) is 3.33. The van der Waals surface area contributed by atoms with E-state index in [0.717, 1.165) is 0 Å². The van der Waals surface area contributed by atoms with E-state index in [1.165, 1.54) is 0 Å². The third kappa shape index (κ3) is 3.18. The second-order valence-electron chi connectivity index (χ2n) is 4.54. The van der Waals surface area contributed by atoms with E-state index in [-0.39, 0.29) is 12.4 Å². The summed E-state index contributed by atoms with van der Waals surface area (Å²) in [6.45, 7) is -0.150. The van der Waals surface area contributed by atoms with Crippen molar-refractivity contribution in [1.29, 1.82) is 0 Å². The molecule has 94 valence electrons. The lowest BCUT2D eigenvalue weighted by molar-refractivity contribution is 0.246. The average molecular weight is 256 g/mol. The molecule has 0 radical (unpaired) electrons. The van der Waals surface area contributed by atoms with E-state index in [1.807, 2.05) is 0 Å². The maximum absolute atomic E-state index is 11.9. The van der Waals surface area contributed by atoms with Crippen LogP contribution in [0.1, 0.15) is 18.4 Å². The number of rotatable bonds is 5. The van der Waals surface area contributed by atoms with Crippen LogP contribution in [-0.4, -0.2) is 25.7 Å². The summed E-state index contributed by atoms with van der Waals surface area (Å²) in [5.74, 6) is -0.111. The van der Waals surface area contributed by atoms with Crippen LogP contribution in [0.15, 0.2) is 24.3 Å². The number of aliphatic hydroxyl groups is 1. The zero-order valence-electron chi connectivity index (χ0n) is 9.39. The van der Waals surface area contributed by atoms with Gasteiger partial charge in [-0.25, -0.2) is 13.1 Å². The van der Waals surface area contributed by atoms with Crippen molar-refractivity contribution >= 4 is 15.7 Å². The summed E-state index contributed by atoms with van der Waals surface area (Å²) in [5.41, 5.74) is 6.16. The Balaban J connectivity index is 2.07. The fraction of sp³-hybridized carbons (Fsp3) is 0.455. The van der Waals surface area contributed by atoms with Crippen molar-refractivity contribution in [3.63, 3.8) is 0 Å². The summed E-state index contributed by atoms with van der Waals surface area (Å²) in [6.07, 6.45) is 1.39. The molecule has 0 aliphatic heterocycles. The summed E-state index contributed by atoms with van der Waals surface area (Å²) in [7, 11) is -3.42. The SMILES string of the molecule is Nc1cccc(CS(=O)(=O)NC2(CO)CC2)c1. The number of anilines is 1. The molecule has 17 heavy (non-hydrogen) atoms. The van der Waals surface area contributed by atoms with Gasteiger partial charge >= 0.3 is 0 Å². The highest BCUT2D eigenvalue weighted by atomic mass is 32.2. The minimum absolute atomic E-state index is 0.111. The van der Waals surface area contributed by atoms with Crippen molar-refractivity contribution in [2.24, 2.45) is 0 Å². The van der Waals surface area contributed by atoms with Crippen LogP contribution >= 0.6 is 0 Å². The maximum atomic E-state index is 11.9. The highest BCUT2D eigenvalue weighted by molar-refractivity contribution is 7.88. The number of sulfonamides is 1. The summed E-state index contributed by atoms with van der Waals surface area (Å²) < 4.78 is 26.3. The van der Waals surface area contributed by atoms with Crippen molar-refractivity contribution in [1.82, 2.24) is 4.72 Å². The monoisotopic (exact) mass is 256 g/mol. The number of benzene rings is 1. The Labute approximate surface area is 101 Å². The van der Waals surface area contributed by atoms with Gasteiger partial charge in [0.25, 0.3) is 0 Å². The molecule has 0 bridgehead atoms. The molecular weight excluding hydrogens is 240 g/mol. The van der Waals surface area contributed by atoms with Gasteiger partial charge in [-0.2, -0.15) is 0 Å². The number of hydrogen-bond donors (Lipinski definition) is 3. The van der Waals surface area contributed by atoms with Crippen molar-refractivity contribution in [2.45, 2.75) is 24.1 Å². The first kappa shape index (κ1) is 12.3. The number of aliphatic hydroxyl groups excluding tert-OH is 1. The van der Waals surface area contributed by atoms with Crippen LogP contribution in [0.3, 0.4) is 0 Å². The van der Waals surface area contributed by atoms with Crippen LogP contribution in [0.2, 0.25) is 0 Å². The van der Waals surface area contributed by atoms with E-state index in [0.29, 0.717) is 24.1 Å². The van der Waals surface area contributed by atoms with Gasteiger partial charge in [0, 0.05) is 5.69 Å². The summed E-state index contributed by atoms with van der Waals surface area (Å²) in [4.78, 5) is 0. The standard InChI is InChI=1S/C11H16N2O3S/c12-10-3-1-2-9(6-10)7-17(15,16)13-11(8-14)4-5-11/h1-3,6,13-14H,4-5,7-8,12H2. The normalized spacial score (nSPS) is 17.9. The Morgan fingerprint density at radius 1 is 1.41 bits per heavy atom. The molecule has 0 unspecified atom stereocenters. The summed E-state index contributed by atoms with van der Waals surface area (Å²) in [5, 5.41) is 9.08. The number of nitrogens with two attached hydrogens (primary N) is 1. The van der Waals surface area contributed by atoms with Crippen LogP contribution < -0.4 is 10.5 Å². The van der Waals surface area contributed by atoms with Gasteiger partial charge in [-0.1, -0.05) is 12.1 Å². The third-order valence-corrected chi connectivity index (χ3v) is 4.29. The van der Waals surface area contributed by atoms with Gasteiger partial charge in [-0.3, -0.25) is 0 Å². The van der Waals surface area contributed by atoms with Gasteiger partial charge in [-0.15, -0.1) is 0 Å². The molecule has 1 saturated carbocycles. The maximum Gasteiger partial charge on any atom is 0.216 e. The number of nitrogen functional groups attached to an aromatic ring is 1. The van der Waals surface area contributed by atoms with E-state index in [2.05, 4.69) is 4.72 Å². The predicted molar refractivity (Wildman–Crippen MR) is 65.7 cm³/mol. The molecule has 1 aliphatic rings. The molecule has 0 atom stereocenters. The first-order valence-electron chi connectivity index (χ1n) is 5.42. The van der Waals surface area contributed by atoms with Crippen LogP contribution in [0.4, 0.5) is 5.69 Å². The Hall–Kier alpha value is -1.11. The van der Waals surface area contributed by atoms with Crippen LogP contribution in [0, 0.1) is 0 Å². The number of hydrogen-bond acceptors (Lipinski definition) is 4. The summed E-state index contributed by atoms with van der Waals surface area (Å²) in [6, 6.07) is 6.78. The topological polar surface area (TPSA) is 92.4 Å². The Bertz CT molecular complexity index is 509. The van der Waals surface area contributed by atoms with Gasteiger partial charge in [0.15, 0.2) is 0 Å². The minimum Gasteiger partial charge on any atom is -0.399 e. The first-order valence-corrected chi connectivity index (χ1v) is 7.07. The molecule has 6 heteroatoms. The smallest absolute Gasteiger partial charge is 0.216 e. The second-order valence-corrected chi connectivity index (χ2v) is 6.27. The van der Waals surface area contributed by atoms with Crippen molar-refractivity contribution in [2.75, 3.05) is 12.3 Å². The van der Waals surface area contributed by atoms with E-state index in [9.17, 15) is 8.42 Å². The lowest BCUT2D eigenvalue weighted by Crippen LogP contribution is -2.40. The quantitative estimate of drug-likeness (QED) is 0.657. The van der Waals surface area contributed by atoms with Crippen LogP contribution in [0.25, 0.3) is 0 Å². The van der Waals surface area contributed by atoms with Gasteiger partial charge in [0.1, 0.15) is 0 Å². The molecule has 0 saturated heterocycles. The van der Waals surface area contributed by atoms with Crippen LogP contribution in [-0.2, 0) is 15.8 Å². The predicted octanol–water partition coefficient (Wildman–Crippen LogP) is 0.213. The van der Waals surface area contributed by atoms with E-state index >= 15 is 0 Å². The van der Waals surface area contributed by atoms with Crippen LogP contribution in [0.5, 0.6) is 0 Å². The zero-order valence-corrected chi connectivity index (χ0v) is 10.2. The highest BCUT2D eigenvalue weighted by Crippen LogP contribution is 2.35. The number of nitrogens with one attached hydrogen (secondary N) is 1. The second kappa shape index (κ2) is 4.29. The molecule has 1 aromatic rings. The van der Waals surface area contributed by atoms with E-state index < -0.39 is 15.6 Å². The highest BCUT2D eigenvalue weighted by Gasteiger charge is 2.45. The Morgan fingerprint density at radius 2 is 2.12 bits per heavy atom. The molecule has 0 heterocycles. The lowest BCUT2D eigenvalue weighted by Gasteiger charge is -2.14. The van der Waals surface area contributed by atoms with Gasteiger partial charge in [0.2, 0.25) is 10.0 Å². The Morgan fingerprint density at radius 3 is 2.65 bits per heavy atom. The van der Waals surface area contributed by atoms with Gasteiger partial charge in [0.05, 0.1) is 17.9 Å². The van der Waals surface area contributed by atoms with Crippen molar-refractivity contribution in [3.05, 3.63) is 29.8 Å². The van der Waals surface area contributed by atoms with Gasteiger partial charge in [-0.05, 0) is 30.5 Å². The molecule has 1 fully saturated rings. The molecule has 2 rings (SSSR count). The minimum atomic E-state index is -3.42. The van der Waals surface area contributed by atoms with Crippen molar-refractivity contribution < 1.29 is 13.5 Å². The average Bonchev–Trinajstić information content (AvgIpc) is 2.96. The molecule has 1 aromatic carbocycles. The van der Waals surface area contributed by atoms with E-state index in [4.69, 9.17) is 10.8 Å². The largest absolute Gasteiger partial charge is 0.399 e. The third-order valence-electron chi connectivity index (χ3n) is 2.84. The van der Waals surface area contributed by atoms with E-state index in [1.54, 1.807) is 24.3 Å². The molecular formula is C11H16N2O3S. The Kier molecular flexibility index (Phi) is 3.11. The molecule has 0 amide bonds. The molecule has 0 spiro atoms. The molecule has 1 aliphatic carbocycles.